The molecule has 0 spiro atoms. The van der Waals surface area contributed by atoms with Crippen LogP contribution in [0.2, 0.25) is 0 Å². The second-order valence-electron chi connectivity index (χ2n) is 7.57. The highest BCUT2D eigenvalue weighted by Gasteiger charge is 2.08. The molecule has 6 nitrogen and oxygen atoms in total. The monoisotopic (exact) mass is 410 g/mol. The van der Waals surface area contributed by atoms with Gasteiger partial charge in [0.15, 0.2) is 0 Å². The molecular formula is C25H26N6. The summed E-state index contributed by atoms with van der Waals surface area (Å²) >= 11 is 0. The first-order valence-electron chi connectivity index (χ1n) is 10.2. The number of nitrogens with zero attached hydrogens (tertiary/aromatic N) is 5. The van der Waals surface area contributed by atoms with Gasteiger partial charge < -0.3 is 5.32 Å². The summed E-state index contributed by atoms with van der Waals surface area (Å²) in [6.07, 6.45) is 7.70. The predicted octanol–water partition coefficient (Wildman–Crippen LogP) is 5.14. The minimum absolute atomic E-state index is 0.687. The highest BCUT2D eigenvalue weighted by Crippen LogP contribution is 2.25. The maximum Gasteiger partial charge on any atom is 0.135 e. The van der Waals surface area contributed by atoms with Crippen molar-refractivity contribution in [1.82, 2.24) is 19.7 Å². The van der Waals surface area contributed by atoms with Crippen LogP contribution in [0.5, 0.6) is 0 Å². The Hall–Kier alpha value is -3.80. The fourth-order valence-corrected chi connectivity index (χ4v) is 3.43. The average molecular weight is 411 g/mol. The van der Waals surface area contributed by atoms with E-state index >= 15 is 0 Å². The minimum Gasteiger partial charge on any atom is -0.365 e. The van der Waals surface area contributed by atoms with E-state index in [-0.39, 0.29) is 0 Å². The van der Waals surface area contributed by atoms with Crippen LogP contribution in [-0.2, 0) is 13.6 Å². The summed E-state index contributed by atoms with van der Waals surface area (Å²) in [7, 11) is 3.71. The summed E-state index contributed by atoms with van der Waals surface area (Å²) in [4.78, 5) is 13.3. The number of benzene rings is 1. The number of nitrogens with one attached hydrogen (secondary N) is 1. The Labute approximate surface area is 182 Å². The fourth-order valence-electron chi connectivity index (χ4n) is 3.43. The lowest BCUT2D eigenvalue weighted by atomic mass is 10.0. The van der Waals surface area contributed by atoms with E-state index in [1.54, 1.807) is 4.68 Å². The number of aryl methyl sites for hydroxylation is 1. The van der Waals surface area contributed by atoms with Gasteiger partial charge in [-0.2, -0.15) is 5.10 Å². The van der Waals surface area contributed by atoms with Gasteiger partial charge in [-0.1, -0.05) is 24.3 Å². The molecule has 6 heteroatoms. The topological polar surface area (TPSA) is 68.0 Å². The summed E-state index contributed by atoms with van der Waals surface area (Å²) in [6.45, 7) is 4.80. The van der Waals surface area contributed by atoms with Gasteiger partial charge in [0.2, 0.25) is 0 Å². The summed E-state index contributed by atoms with van der Waals surface area (Å²) in [5.74, 6) is 0.826. The van der Waals surface area contributed by atoms with Crippen molar-refractivity contribution in [2.24, 2.45) is 12.0 Å². The van der Waals surface area contributed by atoms with Gasteiger partial charge in [0, 0.05) is 50.3 Å². The molecule has 31 heavy (non-hydrogen) atoms. The Morgan fingerprint density at radius 1 is 1.06 bits per heavy atom. The van der Waals surface area contributed by atoms with Crippen LogP contribution < -0.4 is 5.32 Å². The van der Waals surface area contributed by atoms with E-state index < -0.39 is 0 Å². The summed E-state index contributed by atoms with van der Waals surface area (Å²) < 4.78 is 1.78. The van der Waals surface area contributed by atoms with Crippen molar-refractivity contribution >= 4 is 27.9 Å². The van der Waals surface area contributed by atoms with E-state index in [1.165, 1.54) is 16.7 Å². The van der Waals surface area contributed by atoms with Gasteiger partial charge in [-0.25, -0.2) is 4.98 Å². The molecule has 3 heterocycles. The lowest BCUT2D eigenvalue weighted by Crippen LogP contribution is -2.02. The molecule has 0 radical (unpaired) electrons. The van der Waals surface area contributed by atoms with Gasteiger partial charge in [0.05, 0.1) is 5.69 Å². The molecule has 4 aromatic rings. The largest absolute Gasteiger partial charge is 0.365 e. The second kappa shape index (κ2) is 8.92. The van der Waals surface area contributed by atoms with E-state index in [0.29, 0.717) is 6.54 Å². The van der Waals surface area contributed by atoms with Crippen molar-refractivity contribution in [3.63, 3.8) is 0 Å². The van der Waals surface area contributed by atoms with Crippen molar-refractivity contribution in [3.05, 3.63) is 78.3 Å². The Bertz CT molecular complexity index is 1260. The highest BCUT2D eigenvalue weighted by molar-refractivity contribution is 5.98. The molecule has 0 atom stereocenters. The van der Waals surface area contributed by atoms with Gasteiger partial charge >= 0.3 is 0 Å². The first-order chi connectivity index (χ1) is 15.0. The number of aliphatic imine (C=N–C) groups is 1. The second-order valence-corrected chi connectivity index (χ2v) is 7.57. The van der Waals surface area contributed by atoms with Crippen molar-refractivity contribution < 1.29 is 0 Å². The van der Waals surface area contributed by atoms with Gasteiger partial charge in [-0.15, -0.1) is 0 Å². The predicted molar refractivity (Wildman–Crippen MR) is 128 cm³/mol. The van der Waals surface area contributed by atoms with Crippen LogP contribution in [0, 0.1) is 0 Å². The van der Waals surface area contributed by atoms with Crippen LogP contribution in [0.3, 0.4) is 0 Å². The average Bonchev–Trinajstić information content (AvgIpc) is 3.23. The fraction of sp³-hybridized carbons (Fsp3) is 0.200. The summed E-state index contributed by atoms with van der Waals surface area (Å²) in [5.41, 5.74) is 6.32. The molecule has 0 saturated heterocycles. The molecule has 0 bridgehead atoms. The zero-order chi connectivity index (χ0) is 21.8. The third-order valence-corrected chi connectivity index (χ3v) is 5.27. The Balaban J connectivity index is 1.51. The van der Waals surface area contributed by atoms with Crippen LogP contribution in [-0.4, -0.2) is 32.5 Å². The number of fused-ring (bicyclic) bond motifs is 1. The molecule has 3 aromatic heterocycles. The zero-order valence-electron chi connectivity index (χ0n) is 18.3. The third kappa shape index (κ3) is 4.69. The normalized spacial score (nSPS) is 12.4. The minimum atomic E-state index is 0.687. The lowest BCUT2D eigenvalue weighted by Gasteiger charge is -2.10. The number of rotatable bonds is 6. The molecule has 0 amide bonds. The van der Waals surface area contributed by atoms with Crippen LogP contribution in [0.25, 0.3) is 27.7 Å². The first kappa shape index (κ1) is 20.5. The Kier molecular flexibility index (Phi) is 5.89. The van der Waals surface area contributed by atoms with Gasteiger partial charge in [0.1, 0.15) is 11.5 Å². The van der Waals surface area contributed by atoms with E-state index in [2.05, 4.69) is 68.7 Å². The number of hydrogen-bond donors (Lipinski definition) is 1. The molecule has 0 unspecified atom stereocenters. The summed E-state index contributed by atoms with van der Waals surface area (Å²) in [5, 5.41) is 9.96. The molecule has 1 N–H and O–H groups in total. The smallest absolute Gasteiger partial charge is 0.135 e. The van der Waals surface area contributed by atoms with Gasteiger partial charge in [0.25, 0.3) is 0 Å². The maximum absolute atomic E-state index is 4.60. The Morgan fingerprint density at radius 3 is 2.58 bits per heavy atom. The molecule has 1 aromatic carbocycles. The highest BCUT2D eigenvalue weighted by atomic mass is 15.2. The van der Waals surface area contributed by atoms with E-state index in [1.807, 2.05) is 51.7 Å². The van der Waals surface area contributed by atoms with Crippen LogP contribution in [0.4, 0.5) is 5.82 Å². The van der Waals surface area contributed by atoms with Gasteiger partial charge in [-0.05, 0) is 60.2 Å². The molecule has 0 saturated carbocycles. The number of allylic oxidation sites excluding steroid dienone is 2. The van der Waals surface area contributed by atoms with Crippen molar-refractivity contribution in [2.75, 3.05) is 12.4 Å². The van der Waals surface area contributed by atoms with E-state index in [9.17, 15) is 0 Å². The van der Waals surface area contributed by atoms with Crippen molar-refractivity contribution in [2.45, 2.75) is 20.4 Å². The van der Waals surface area contributed by atoms with Crippen LogP contribution >= 0.6 is 0 Å². The quantitative estimate of drug-likeness (QED) is 0.447. The van der Waals surface area contributed by atoms with Crippen LogP contribution in [0.1, 0.15) is 25.0 Å². The van der Waals surface area contributed by atoms with Crippen molar-refractivity contribution in [1.29, 1.82) is 0 Å². The first-order valence-corrected chi connectivity index (χ1v) is 10.2. The SMILES string of the molecule is CN=C(C)/C=C(\C)c1ccc(CNc2nccc3cc(-c4ccn(C)n4)ncc23)cc1. The number of hydrogen-bond acceptors (Lipinski definition) is 5. The lowest BCUT2D eigenvalue weighted by molar-refractivity contribution is 0.770. The molecule has 0 aliphatic heterocycles. The molecule has 4 rings (SSSR count). The van der Waals surface area contributed by atoms with Gasteiger partial charge in [-0.3, -0.25) is 14.7 Å². The zero-order valence-corrected chi connectivity index (χ0v) is 18.3. The number of aromatic nitrogens is 4. The number of pyridine rings is 2. The Morgan fingerprint density at radius 2 is 1.87 bits per heavy atom. The molecule has 0 fully saturated rings. The summed E-state index contributed by atoms with van der Waals surface area (Å²) in [6, 6.07) is 14.6. The molecular weight excluding hydrogens is 384 g/mol. The molecule has 156 valence electrons. The van der Waals surface area contributed by atoms with Crippen LogP contribution in [0.15, 0.2) is 72.1 Å². The van der Waals surface area contributed by atoms with E-state index in [4.69, 9.17) is 0 Å². The third-order valence-electron chi connectivity index (χ3n) is 5.27. The standard InChI is InChI=1S/C25H26N6/c1-17(13-18(2)26-3)20-7-5-19(6-8-20)15-29-25-22-16-28-24(14-21(22)9-11-27-25)23-10-12-31(4)30-23/h5-14,16H,15H2,1-4H3,(H,27,29)/b17-13+,26-18?. The van der Waals surface area contributed by atoms with Crippen molar-refractivity contribution in [3.8, 4) is 11.4 Å². The maximum atomic E-state index is 4.60. The molecule has 0 aliphatic rings. The van der Waals surface area contributed by atoms with E-state index in [0.717, 1.165) is 33.7 Å². The number of anilines is 1. The molecule has 0 aliphatic carbocycles.